The van der Waals surface area contributed by atoms with Gasteiger partial charge in [-0.15, -0.1) is 0 Å². The van der Waals surface area contributed by atoms with E-state index in [1.54, 1.807) is 54.6 Å². The number of hydrogen-bond donors (Lipinski definition) is 2. The maximum absolute atomic E-state index is 13.8. The molecule has 2 N–H and O–H groups in total. The number of carbonyl (C=O) groups excluding carboxylic acids is 1. The Morgan fingerprint density at radius 1 is 1.03 bits per heavy atom. The molecule has 0 fully saturated rings. The Balaban J connectivity index is 1.53. The Bertz CT molecular complexity index is 1240. The molecule has 0 saturated carbocycles. The van der Waals surface area contributed by atoms with E-state index in [-0.39, 0.29) is 18.3 Å². The van der Waals surface area contributed by atoms with E-state index in [0.29, 0.717) is 39.6 Å². The monoisotopic (exact) mass is 421 g/mol. The van der Waals surface area contributed by atoms with Crippen LogP contribution in [-0.2, 0) is 6.61 Å². The highest BCUT2D eigenvalue weighted by Gasteiger charge is 2.15. The van der Waals surface area contributed by atoms with Gasteiger partial charge in [0, 0.05) is 16.5 Å². The molecular formula is C23H20FN3O4. The molecule has 0 radical (unpaired) electrons. The van der Waals surface area contributed by atoms with Crippen molar-refractivity contribution >= 4 is 22.6 Å². The van der Waals surface area contributed by atoms with Gasteiger partial charge in [-0.1, -0.05) is 18.2 Å². The first kappa shape index (κ1) is 20.2. The zero-order valence-corrected chi connectivity index (χ0v) is 16.9. The van der Waals surface area contributed by atoms with Gasteiger partial charge in [0.05, 0.1) is 19.7 Å². The van der Waals surface area contributed by atoms with Crippen molar-refractivity contribution in [2.75, 3.05) is 19.5 Å². The van der Waals surface area contributed by atoms with E-state index in [4.69, 9.17) is 14.2 Å². The van der Waals surface area contributed by atoms with Crippen LogP contribution in [0.2, 0.25) is 0 Å². The first-order chi connectivity index (χ1) is 15.1. The van der Waals surface area contributed by atoms with Crippen LogP contribution in [0.25, 0.3) is 10.9 Å². The van der Waals surface area contributed by atoms with Crippen molar-refractivity contribution in [3.05, 3.63) is 77.6 Å². The van der Waals surface area contributed by atoms with Crippen molar-refractivity contribution in [3.63, 3.8) is 0 Å². The first-order valence-corrected chi connectivity index (χ1v) is 9.46. The molecule has 1 aromatic heterocycles. The van der Waals surface area contributed by atoms with Gasteiger partial charge in [-0.2, -0.15) is 5.10 Å². The molecule has 4 aromatic rings. The highest BCUT2D eigenvalue weighted by atomic mass is 19.1. The fraction of sp³-hybridized carbons (Fsp3) is 0.130. The third-order valence-electron chi connectivity index (χ3n) is 4.76. The third-order valence-corrected chi connectivity index (χ3v) is 4.76. The number of fused-ring (bicyclic) bond motifs is 1. The van der Waals surface area contributed by atoms with Gasteiger partial charge in [0.2, 0.25) is 0 Å². The number of halogens is 1. The molecular weight excluding hydrogens is 401 g/mol. The second-order valence-electron chi connectivity index (χ2n) is 6.68. The molecule has 0 atom stereocenters. The first-order valence-electron chi connectivity index (χ1n) is 9.46. The second kappa shape index (κ2) is 8.74. The number of rotatable bonds is 7. The molecule has 8 heteroatoms. The van der Waals surface area contributed by atoms with Gasteiger partial charge in [-0.3, -0.25) is 9.89 Å². The number of methoxy groups -OCH3 is 2. The lowest BCUT2D eigenvalue weighted by Crippen LogP contribution is -2.12. The predicted molar refractivity (Wildman–Crippen MR) is 114 cm³/mol. The number of hydrogen-bond acceptors (Lipinski definition) is 5. The van der Waals surface area contributed by atoms with Gasteiger partial charge in [0.15, 0.2) is 17.3 Å². The fourth-order valence-electron chi connectivity index (χ4n) is 3.11. The molecule has 0 aliphatic heterocycles. The van der Waals surface area contributed by atoms with Crippen molar-refractivity contribution in [2.24, 2.45) is 0 Å². The Hall–Kier alpha value is -4.07. The van der Waals surface area contributed by atoms with Crippen LogP contribution in [0.3, 0.4) is 0 Å². The van der Waals surface area contributed by atoms with E-state index in [2.05, 4.69) is 15.5 Å². The number of aromatic nitrogens is 2. The topological polar surface area (TPSA) is 85.5 Å². The molecule has 1 heterocycles. The van der Waals surface area contributed by atoms with Crippen LogP contribution < -0.4 is 19.5 Å². The van der Waals surface area contributed by atoms with Gasteiger partial charge in [0.25, 0.3) is 5.91 Å². The number of ether oxygens (including phenoxy) is 3. The van der Waals surface area contributed by atoms with Crippen LogP contribution in [-0.4, -0.2) is 30.3 Å². The molecule has 1 amide bonds. The summed E-state index contributed by atoms with van der Waals surface area (Å²) in [5, 5.41) is 10.5. The van der Waals surface area contributed by atoms with Crippen LogP contribution in [0.15, 0.2) is 60.7 Å². The van der Waals surface area contributed by atoms with E-state index >= 15 is 0 Å². The fourth-order valence-corrected chi connectivity index (χ4v) is 3.11. The van der Waals surface area contributed by atoms with E-state index < -0.39 is 0 Å². The van der Waals surface area contributed by atoms with Gasteiger partial charge < -0.3 is 19.5 Å². The van der Waals surface area contributed by atoms with Crippen LogP contribution in [0.5, 0.6) is 17.2 Å². The minimum absolute atomic E-state index is 0.0867. The minimum Gasteiger partial charge on any atom is -0.493 e. The molecule has 0 aliphatic carbocycles. The zero-order chi connectivity index (χ0) is 21.8. The quantitative estimate of drug-likeness (QED) is 0.457. The number of benzene rings is 3. The summed E-state index contributed by atoms with van der Waals surface area (Å²) in [5.74, 6) is 1.18. The van der Waals surface area contributed by atoms with Gasteiger partial charge in [-0.05, 0) is 42.5 Å². The van der Waals surface area contributed by atoms with Crippen LogP contribution in [0.4, 0.5) is 10.2 Å². The Morgan fingerprint density at radius 3 is 2.61 bits per heavy atom. The highest BCUT2D eigenvalue weighted by Crippen LogP contribution is 2.29. The number of nitrogens with zero attached hydrogens (tertiary/aromatic N) is 1. The Labute approximate surface area is 177 Å². The third kappa shape index (κ3) is 4.28. The standard InChI is InChI=1S/C23H20FN3O4/c1-29-20-10-7-14(11-21(20)30-2)23(28)25-22-17-12-16(8-9-19(17)26-27-22)31-13-15-5-3-4-6-18(15)24/h3-12H,13H2,1-2H3,(H2,25,26,27,28). The number of aromatic amines is 1. The maximum Gasteiger partial charge on any atom is 0.257 e. The van der Waals surface area contributed by atoms with Crippen molar-refractivity contribution < 1.29 is 23.4 Å². The molecule has 3 aromatic carbocycles. The number of amides is 1. The van der Waals surface area contributed by atoms with Crippen molar-refractivity contribution in [3.8, 4) is 17.2 Å². The lowest BCUT2D eigenvalue weighted by Gasteiger charge is -2.10. The molecule has 7 nitrogen and oxygen atoms in total. The number of nitrogens with one attached hydrogen (secondary N) is 2. The molecule has 0 aliphatic rings. The molecule has 0 saturated heterocycles. The van der Waals surface area contributed by atoms with Crippen molar-refractivity contribution in [1.29, 1.82) is 0 Å². The second-order valence-corrected chi connectivity index (χ2v) is 6.68. The van der Waals surface area contributed by atoms with Crippen molar-refractivity contribution in [2.45, 2.75) is 6.61 Å². The minimum atomic E-state index is -0.355. The van der Waals surface area contributed by atoms with E-state index in [0.717, 1.165) is 5.52 Å². The molecule has 0 spiro atoms. The summed E-state index contributed by atoms with van der Waals surface area (Å²) in [4.78, 5) is 12.7. The largest absolute Gasteiger partial charge is 0.493 e. The average Bonchev–Trinajstić information content (AvgIpc) is 3.19. The lowest BCUT2D eigenvalue weighted by atomic mass is 10.1. The van der Waals surface area contributed by atoms with Crippen molar-refractivity contribution in [1.82, 2.24) is 10.2 Å². The molecule has 0 unspecified atom stereocenters. The molecule has 31 heavy (non-hydrogen) atoms. The summed E-state index contributed by atoms with van der Waals surface area (Å²) in [6.07, 6.45) is 0. The summed E-state index contributed by atoms with van der Waals surface area (Å²) in [6, 6.07) is 16.6. The maximum atomic E-state index is 13.8. The summed E-state index contributed by atoms with van der Waals surface area (Å²) < 4.78 is 30.0. The summed E-state index contributed by atoms with van der Waals surface area (Å²) >= 11 is 0. The highest BCUT2D eigenvalue weighted by molar-refractivity contribution is 6.08. The molecule has 4 rings (SSSR count). The van der Waals surface area contributed by atoms with E-state index in [1.807, 2.05) is 0 Å². The average molecular weight is 421 g/mol. The predicted octanol–water partition coefficient (Wildman–Crippen LogP) is 4.55. The van der Waals surface area contributed by atoms with Crippen LogP contribution in [0, 0.1) is 5.82 Å². The van der Waals surface area contributed by atoms with E-state index in [9.17, 15) is 9.18 Å². The number of anilines is 1. The Morgan fingerprint density at radius 2 is 1.84 bits per heavy atom. The van der Waals surface area contributed by atoms with Gasteiger partial charge in [0.1, 0.15) is 18.2 Å². The zero-order valence-electron chi connectivity index (χ0n) is 16.9. The van der Waals surface area contributed by atoms with Crippen LogP contribution >= 0.6 is 0 Å². The summed E-state index contributed by atoms with van der Waals surface area (Å²) in [7, 11) is 3.03. The van der Waals surface area contributed by atoms with Gasteiger partial charge >= 0.3 is 0 Å². The molecule has 0 bridgehead atoms. The molecule has 158 valence electrons. The number of carbonyl (C=O) groups is 1. The Kier molecular flexibility index (Phi) is 5.70. The lowest BCUT2D eigenvalue weighted by molar-refractivity contribution is 0.102. The smallest absolute Gasteiger partial charge is 0.257 e. The SMILES string of the molecule is COc1ccc(C(=O)Nc2n[nH]c3ccc(OCc4ccccc4F)cc23)cc1OC. The summed E-state index contributed by atoms with van der Waals surface area (Å²) in [6.45, 7) is 0.0867. The summed E-state index contributed by atoms with van der Waals surface area (Å²) in [5.41, 5.74) is 1.57. The van der Waals surface area contributed by atoms with Gasteiger partial charge in [-0.25, -0.2) is 4.39 Å². The normalized spacial score (nSPS) is 10.7. The van der Waals surface area contributed by atoms with Crippen LogP contribution in [0.1, 0.15) is 15.9 Å². The number of H-pyrrole nitrogens is 1. The van der Waals surface area contributed by atoms with E-state index in [1.165, 1.54) is 20.3 Å².